The number of nitrogens with zero attached hydrogens (tertiary/aromatic N) is 3. The van der Waals surface area contributed by atoms with Crippen LogP contribution in [0, 0.1) is 5.82 Å². The van der Waals surface area contributed by atoms with Gasteiger partial charge < -0.3 is 0 Å². The van der Waals surface area contributed by atoms with E-state index < -0.39 is 0 Å². The first kappa shape index (κ1) is 9.21. The number of halogens is 2. The molecule has 0 fully saturated rings. The monoisotopic (exact) mass is 253 g/mol. The zero-order valence-electron chi connectivity index (χ0n) is 6.98. The minimum Gasteiger partial charge on any atom is -0.216 e. The summed E-state index contributed by atoms with van der Waals surface area (Å²) in [5.74, 6) is -0.0180. The van der Waals surface area contributed by atoms with Gasteiger partial charge in [0.2, 0.25) is 0 Å². The van der Waals surface area contributed by atoms with Gasteiger partial charge in [0.25, 0.3) is 0 Å². The maximum absolute atomic E-state index is 13.3. The van der Waals surface area contributed by atoms with Crippen LogP contribution in [0.5, 0.6) is 0 Å². The quantitative estimate of drug-likeness (QED) is 0.784. The molecule has 0 aliphatic heterocycles. The average molecular weight is 254 g/mol. The van der Waals surface area contributed by atoms with Crippen molar-refractivity contribution in [2.24, 2.45) is 0 Å². The molecule has 0 saturated carbocycles. The molecule has 0 unspecified atom stereocenters. The minimum absolute atomic E-state index is 0.324. The summed E-state index contributed by atoms with van der Waals surface area (Å²) in [6, 6.07) is 6.34. The first-order valence-electron chi connectivity index (χ1n) is 3.87. The molecule has 3 nitrogen and oxygen atoms in total. The third-order valence-corrected chi connectivity index (χ3v) is 2.04. The molecule has 14 heavy (non-hydrogen) atoms. The van der Waals surface area contributed by atoms with Crippen LogP contribution in [0.4, 0.5) is 4.39 Å². The van der Waals surface area contributed by atoms with E-state index in [-0.39, 0.29) is 5.82 Å². The maximum atomic E-state index is 13.3. The average Bonchev–Trinajstić information content (AvgIpc) is 2.18. The fraction of sp³-hybridized carbons (Fsp3) is 0. The molecule has 1 aromatic heterocycles. The van der Waals surface area contributed by atoms with Gasteiger partial charge in [0.15, 0.2) is 10.6 Å². The molecule has 70 valence electrons. The molecular formula is C9H5BrFN3. The molecule has 0 saturated heterocycles. The lowest BCUT2D eigenvalue weighted by atomic mass is 10.2. The summed E-state index contributed by atoms with van der Waals surface area (Å²) in [6.07, 6.45) is 1.33. The maximum Gasteiger partial charge on any atom is 0.200 e. The molecule has 0 amide bonds. The van der Waals surface area contributed by atoms with Crippen molar-refractivity contribution < 1.29 is 4.39 Å². The normalized spacial score (nSPS) is 10.1. The fourth-order valence-corrected chi connectivity index (χ4v) is 1.31. The van der Waals surface area contributed by atoms with Gasteiger partial charge in [0, 0.05) is 0 Å². The number of benzene rings is 1. The lowest BCUT2D eigenvalue weighted by Gasteiger charge is -2.00. The molecule has 0 bridgehead atoms. The first-order valence-corrected chi connectivity index (χ1v) is 4.66. The minimum atomic E-state index is -0.342. The van der Waals surface area contributed by atoms with Gasteiger partial charge in [-0.25, -0.2) is 19.3 Å². The van der Waals surface area contributed by atoms with E-state index >= 15 is 0 Å². The lowest BCUT2D eigenvalue weighted by molar-refractivity contribution is 0.629. The molecule has 0 spiro atoms. The Balaban J connectivity index is 2.55. The third kappa shape index (κ3) is 1.77. The highest BCUT2D eigenvalue weighted by molar-refractivity contribution is 9.10. The molecule has 0 N–H and O–H groups in total. The fourth-order valence-electron chi connectivity index (χ4n) is 1.05. The van der Waals surface area contributed by atoms with E-state index in [0.717, 1.165) is 0 Å². The molecule has 1 heterocycles. The second-order valence-electron chi connectivity index (χ2n) is 2.56. The van der Waals surface area contributed by atoms with Crippen LogP contribution < -0.4 is 0 Å². The summed E-state index contributed by atoms with van der Waals surface area (Å²) in [5, 5.41) is 0. The predicted molar refractivity (Wildman–Crippen MR) is 52.9 cm³/mol. The van der Waals surface area contributed by atoms with Gasteiger partial charge in [-0.2, -0.15) is 0 Å². The number of hydrogen-bond acceptors (Lipinski definition) is 3. The highest BCUT2D eigenvalue weighted by atomic mass is 79.9. The molecule has 2 rings (SSSR count). The van der Waals surface area contributed by atoms with Gasteiger partial charge in [0.05, 0.1) is 5.56 Å². The van der Waals surface area contributed by atoms with Crippen molar-refractivity contribution in [3.63, 3.8) is 0 Å². The van der Waals surface area contributed by atoms with Crippen LogP contribution in [0.2, 0.25) is 0 Å². The number of aromatic nitrogens is 3. The van der Waals surface area contributed by atoms with E-state index in [4.69, 9.17) is 0 Å². The van der Waals surface area contributed by atoms with E-state index in [2.05, 4.69) is 30.9 Å². The van der Waals surface area contributed by atoms with Crippen LogP contribution in [-0.2, 0) is 0 Å². The SMILES string of the molecule is Fc1ccccc1-c1ncnc(Br)n1. The van der Waals surface area contributed by atoms with Crippen molar-refractivity contribution in [2.75, 3.05) is 0 Å². The Bertz CT molecular complexity index is 461. The summed E-state index contributed by atoms with van der Waals surface area (Å²) < 4.78 is 13.7. The summed E-state index contributed by atoms with van der Waals surface area (Å²) in [7, 11) is 0. The second kappa shape index (κ2) is 3.79. The Morgan fingerprint density at radius 2 is 1.93 bits per heavy atom. The zero-order valence-corrected chi connectivity index (χ0v) is 8.57. The molecule has 1 aromatic carbocycles. The van der Waals surface area contributed by atoms with Gasteiger partial charge in [-0.3, -0.25) is 0 Å². The molecule has 0 aliphatic carbocycles. The van der Waals surface area contributed by atoms with Crippen molar-refractivity contribution >= 4 is 15.9 Å². The van der Waals surface area contributed by atoms with Crippen LogP contribution in [0.1, 0.15) is 0 Å². The van der Waals surface area contributed by atoms with Gasteiger partial charge in [0.1, 0.15) is 12.1 Å². The Morgan fingerprint density at radius 1 is 1.14 bits per heavy atom. The molecule has 2 aromatic rings. The summed E-state index contributed by atoms with van der Waals surface area (Å²) in [4.78, 5) is 11.6. The van der Waals surface area contributed by atoms with Crippen LogP contribution in [0.3, 0.4) is 0 Å². The van der Waals surface area contributed by atoms with Gasteiger partial charge in [-0.15, -0.1) is 0 Å². The van der Waals surface area contributed by atoms with E-state index in [9.17, 15) is 4.39 Å². The number of hydrogen-bond donors (Lipinski definition) is 0. The van der Waals surface area contributed by atoms with Crippen LogP contribution >= 0.6 is 15.9 Å². The van der Waals surface area contributed by atoms with Crippen molar-refractivity contribution in [1.29, 1.82) is 0 Å². The van der Waals surface area contributed by atoms with Crippen LogP contribution in [-0.4, -0.2) is 15.0 Å². The summed E-state index contributed by atoms with van der Waals surface area (Å²) >= 11 is 3.10. The van der Waals surface area contributed by atoms with Crippen molar-refractivity contribution in [2.45, 2.75) is 0 Å². The van der Waals surface area contributed by atoms with Gasteiger partial charge >= 0.3 is 0 Å². The Morgan fingerprint density at radius 3 is 2.64 bits per heavy atom. The Kier molecular flexibility index (Phi) is 2.49. The number of rotatable bonds is 1. The smallest absolute Gasteiger partial charge is 0.200 e. The molecule has 5 heteroatoms. The van der Waals surface area contributed by atoms with Gasteiger partial charge in [-0.1, -0.05) is 12.1 Å². The van der Waals surface area contributed by atoms with E-state index in [1.54, 1.807) is 18.2 Å². The highest BCUT2D eigenvalue weighted by Gasteiger charge is 2.06. The van der Waals surface area contributed by atoms with Crippen LogP contribution in [0.15, 0.2) is 35.3 Å². The Hall–Kier alpha value is -1.36. The van der Waals surface area contributed by atoms with E-state index in [1.165, 1.54) is 12.4 Å². The summed E-state index contributed by atoms with van der Waals surface area (Å²) in [6.45, 7) is 0. The molecular weight excluding hydrogens is 249 g/mol. The van der Waals surface area contributed by atoms with Crippen molar-refractivity contribution in [1.82, 2.24) is 15.0 Å². The lowest BCUT2D eigenvalue weighted by Crippen LogP contribution is -1.93. The van der Waals surface area contributed by atoms with E-state index in [1.807, 2.05) is 0 Å². The van der Waals surface area contributed by atoms with Gasteiger partial charge in [-0.05, 0) is 28.1 Å². The Labute approximate surface area is 88.2 Å². The molecule has 0 atom stereocenters. The van der Waals surface area contributed by atoms with Crippen molar-refractivity contribution in [3.8, 4) is 11.4 Å². The standard InChI is InChI=1S/C9H5BrFN3/c10-9-13-5-12-8(14-9)6-3-1-2-4-7(6)11/h1-5H. The predicted octanol–water partition coefficient (Wildman–Crippen LogP) is 2.44. The van der Waals surface area contributed by atoms with Crippen molar-refractivity contribution in [3.05, 3.63) is 41.1 Å². The summed E-state index contributed by atoms with van der Waals surface area (Å²) in [5.41, 5.74) is 0.371. The van der Waals surface area contributed by atoms with E-state index in [0.29, 0.717) is 16.1 Å². The zero-order chi connectivity index (χ0) is 9.97. The van der Waals surface area contributed by atoms with Crippen LogP contribution in [0.25, 0.3) is 11.4 Å². The second-order valence-corrected chi connectivity index (χ2v) is 3.27. The third-order valence-electron chi connectivity index (χ3n) is 1.66. The molecule has 0 aliphatic rings. The largest absolute Gasteiger partial charge is 0.216 e. The highest BCUT2D eigenvalue weighted by Crippen LogP contribution is 2.18. The first-order chi connectivity index (χ1) is 6.77. The topological polar surface area (TPSA) is 38.7 Å². The molecule has 0 radical (unpaired) electrons.